The highest BCUT2D eigenvalue weighted by atomic mass is 35.5. The van der Waals surface area contributed by atoms with Crippen LogP contribution in [0.1, 0.15) is 6.92 Å². The number of halogens is 1. The van der Waals surface area contributed by atoms with Crippen molar-refractivity contribution in [3.05, 3.63) is 41.7 Å². The van der Waals surface area contributed by atoms with Crippen molar-refractivity contribution in [1.82, 2.24) is 9.97 Å². The summed E-state index contributed by atoms with van der Waals surface area (Å²) in [5.41, 5.74) is 0. The molecule has 94 valence electrons. The summed E-state index contributed by atoms with van der Waals surface area (Å²) in [5, 5.41) is 3.18. The van der Waals surface area contributed by atoms with E-state index in [9.17, 15) is 4.79 Å². The van der Waals surface area contributed by atoms with Gasteiger partial charge in [-0.1, -0.05) is 11.6 Å². The SMILES string of the molecule is CC(Sc1ccc(Cl)cc1)C(=O)Nc1ncc[nH]1. The smallest absolute Gasteiger partial charge is 0.239 e. The molecule has 0 bridgehead atoms. The van der Waals surface area contributed by atoms with Crippen LogP contribution in [0.3, 0.4) is 0 Å². The number of H-pyrrole nitrogens is 1. The quantitative estimate of drug-likeness (QED) is 0.846. The Morgan fingerprint density at radius 2 is 2.17 bits per heavy atom. The van der Waals surface area contributed by atoms with E-state index in [4.69, 9.17) is 11.6 Å². The maximum Gasteiger partial charge on any atom is 0.239 e. The van der Waals surface area contributed by atoms with E-state index in [0.29, 0.717) is 11.0 Å². The molecule has 0 radical (unpaired) electrons. The van der Waals surface area contributed by atoms with Crippen LogP contribution in [0.5, 0.6) is 0 Å². The molecule has 2 aromatic rings. The minimum Gasteiger partial charge on any atom is -0.331 e. The maximum absolute atomic E-state index is 11.9. The van der Waals surface area contributed by atoms with Crippen LogP contribution in [0, 0.1) is 0 Å². The van der Waals surface area contributed by atoms with Gasteiger partial charge in [0.15, 0.2) is 0 Å². The lowest BCUT2D eigenvalue weighted by atomic mass is 10.4. The molecule has 0 spiro atoms. The molecular formula is C12H12ClN3OS. The summed E-state index contributed by atoms with van der Waals surface area (Å²) in [6.45, 7) is 1.84. The molecule has 2 rings (SSSR count). The molecule has 0 aliphatic carbocycles. The number of aromatic nitrogens is 2. The standard InChI is InChI=1S/C12H12ClN3OS/c1-8(11(17)16-12-14-6-7-15-12)18-10-4-2-9(13)3-5-10/h2-8H,1H3,(H2,14,15,16,17). The number of imidazole rings is 1. The number of carbonyl (C=O) groups excluding carboxylic acids is 1. The summed E-state index contributed by atoms with van der Waals surface area (Å²) >= 11 is 7.27. The number of anilines is 1. The third-order valence-electron chi connectivity index (χ3n) is 2.24. The van der Waals surface area contributed by atoms with Gasteiger partial charge in [0.05, 0.1) is 5.25 Å². The van der Waals surface area contributed by atoms with Crippen molar-refractivity contribution in [3.8, 4) is 0 Å². The molecule has 1 aromatic carbocycles. The molecule has 0 saturated carbocycles. The summed E-state index contributed by atoms with van der Waals surface area (Å²) in [5.74, 6) is 0.369. The molecular weight excluding hydrogens is 270 g/mol. The van der Waals surface area contributed by atoms with Gasteiger partial charge in [0.1, 0.15) is 0 Å². The number of rotatable bonds is 4. The molecule has 1 aromatic heterocycles. The second-order valence-electron chi connectivity index (χ2n) is 3.64. The van der Waals surface area contributed by atoms with Crippen LogP contribution in [-0.4, -0.2) is 21.1 Å². The zero-order valence-electron chi connectivity index (χ0n) is 9.68. The van der Waals surface area contributed by atoms with Crippen molar-refractivity contribution in [3.63, 3.8) is 0 Å². The first-order valence-electron chi connectivity index (χ1n) is 5.37. The molecule has 18 heavy (non-hydrogen) atoms. The van der Waals surface area contributed by atoms with Gasteiger partial charge < -0.3 is 4.98 Å². The van der Waals surface area contributed by atoms with Gasteiger partial charge in [0, 0.05) is 22.3 Å². The summed E-state index contributed by atoms with van der Waals surface area (Å²) in [6.07, 6.45) is 3.25. The van der Waals surface area contributed by atoms with Crippen molar-refractivity contribution >= 4 is 35.2 Å². The second kappa shape index (κ2) is 5.93. The lowest BCUT2D eigenvalue weighted by Crippen LogP contribution is -2.22. The van der Waals surface area contributed by atoms with Crippen molar-refractivity contribution in [1.29, 1.82) is 0 Å². The number of benzene rings is 1. The summed E-state index contributed by atoms with van der Waals surface area (Å²) < 4.78 is 0. The monoisotopic (exact) mass is 281 g/mol. The van der Waals surface area contributed by atoms with E-state index < -0.39 is 0 Å². The Hall–Kier alpha value is -1.46. The van der Waals surface area contributed by atoms with Gasteiger partial charge in [-0.05, 0) is 31.2 Å². The fourth-order valence-electron chi connectivity index (χ4n) is 1.32. The minimum absolute atomic E-state index is 0.0927. The average Bonchev–Trinajstić information content (AvgIpc) is 2.85. The molecule has 1 heterocycles. The number of nitrogens with zero attached hydrogens (tertiary/aromatic N) is 1. The molecule has 0 aliphatic rings. The minimum atomic E-state index is -0.212. The molecule has 6 heteroatoms. The van der Waals surface area contributed by atoms with Crippen molar-refractivity contribution in [2.75, 3.05) is 5.32 Å². The van der Waals surface area contributed by atoms with Gasteiger partial charge in [-0.15, -0.1) is 11.8 Å². The number of nitrogens with one attached hydrogen (secondary N) is 2. The van der Waals surface area contributed by atoms with E-state index >= 15 is 0 Å². The third-order valence-corrected chi connectivity index (χ3v) is 3.60. The largest absolute Gasteiger partial charge is 0.331 e. The molecule has 1 amide bonds. The lowest BCUT2D eigenvalue weighted by molar-refractivity contribution is -0.115. The highest BCUT2D eigenvalue weighted by molar-refractivity contribution is 8.00. The first-order chi connectivity index (χ1) is 8.65. The number of thioether (sulfide) groups is 1. The van der Waals surface area contributed by atoms with Gasteiger partial charge in [-0.25, -0.2) is 4.98 Å². The summed E-state index contributed by atoms with van der Waals surface area (Å²) in [7, 11) is 0. The van der Waals surface area contributed by atoms with Gasteiger partial charge in [-0.2, -0.15) is 0 Å². The van der Waals surface area contributed by atoms with E-state index in [-0.39, 0.29) is 11.2 Å². The van der Waals surface area contributed by atoms with Crippen LogP contribution in [0.2, 0.25) is 5.02 Å². The number of carbonyl (C=O) groups is 1. The molecule has 0 fully saturated rings. The summed E-state index contributed by atoms with van der Waals surface area (Å²) in [6, 6.07) is 7.40. The Morgan fingerprint density at radius 3 is 2.78 bits per heavy atom. The number of aromatic amines is 1. The Labute approximate surface area is 114 Å². The Morgan fingerprint density at radius 1 is 1.44 bits per heavy atom. The normalized spacial score (nSPS) is 12.1. The van der Waals surface area contributed by atoms with Gasteiger partial charge in [0.2, 0.25) is 11.9 Å². The van der Waals surface area contributed by atoms with E-state index in [1.54, 1.807) is 24.5 Å². The lowest BCUT2D eigenvalue weighted by Gasteiger charge is -2.10. The topological polar surface area (TPSA) is 57.8 Å². The van der Waals surface area contributed by atoms with E-state index in [2.05, 4.69) is 15.3 Å². The summed E-state index contributed by atoms with van der Waals surface area (Å²) in [4.78, 5) is 19.6. The number of amides is 1. The van der Waals surface area contributed by atoms with Crippen LogP contribution >= 0.6 is 23.4 Å². The van der Waals surface area contributed by atoms with Crippen LogP contribution in [0.25, 0.3) is 0 Å². The number of hydrogen-bond donors (Lipinski definition) is 2. The zero-order chi connectivity index (χ0) is 13.0. The average molecular weight is 282 g/mol. The molecule has 4 nitrogen and oxygen atoms in total. The predicted octanol–water partition coefficient (Wildman–Crippen LogP) is 3.18. The maximum atomic E-state index is 11.9. The molecule has 1 unspecified atom stereocenters. The van der Waals surface area contributed by atoms with E-state index in [0.717, 1.165) is 4.90 Å². The fourth-order valence-corrected chi connectivity index (χ4v) is 2.32. The first kappa shape index (κ1) is 13.0. The molecule has 0 aliphatic heterocycles. The molecule has 0 saturated heterocycles. The van der Waals surface area contributed by atoms with Crippen LogP contribution in [0.4, 0.5) is 5.95 Å². The highest BCUT2D eigenvalue weighted by Crippen LogP contribution is 2.25. The van der Waals surface area contributed by atoms with Crippen LogP contribution < -0.4 is 5.32 Å². The Balaban J connectivity index is 1.93. The fraction of sp³-hybridized carbons (Fsp3) is 0.167. The van der Waals surface area contributed by atoms with Crippen LogP contribution in [-0.2, 0) is 4.79 Å². The van der Waals surface area contributed by atoms with Gasteiger partial charge in [0.25, 0.3) is 0 Å². The second-order valence-corrected chi connectivity index (χ2v) is 5.49. The molecule has 2 N–H and O–H groups in total. The zero-order valence-corrected chi connectivity index (χ0v) is 11.3. The number of hydrogen-bond acceptors (Lipinski definition) is 3. The van der Waals surface area contributed by atoms with E-state index in [1.165, 1.54) is 11.8 Å². The highest BCUT2D eigenvalue weighted by Gasteiger charge is 2.15. The Bertz CT molecular complexity index is 513. The van der Waals surface area contributed by atoms with Gasteiger partial charge in [-0.3, -0.25) is 10.1 Å². The Kier molecular flexibility index (Phi) is 4.28. The van der Waals surface area contributed by atoms with Crippen molar-refractivity contribution in [2.45, 2.75) is 17.1 Å². The van der Waals surface area contributed by atoms with E-state index in [1.807, 2.05) is 19.1 Å². The molecule has 1 atom stereocenters. The van der Waals surface area contributed by atoms with Crippen molar-refractivity contribution in [2.24, 2.45) is 0 Å². The third kappa shape index (κ3) is 3.51. The van der Waals surface area contributed by atoms with Crippen LogP contribution in [0.15, 0.2) is 41.6 Å². The van der Waals surface area contributed by atoms with Gasteiger partial charge >= 0.3 is 0 Å². The van der Waals surface area contributed by atoms with Crippen molar-refractivity contribution < 1.29 is 4.79 Å². The first-order valence-corrected chi connectivity index (χ1v) is 6.63. The predicted molar refractivity (Wildman–Crippen MR) is 74.0 cm³/mol.